The topological polar surface area (TPSA) is 12.5 Å². The molecule has 1 heterocycles. The number of rotatable bonds is 3. The van der Waals surface area contributed by atoms with Crippen LogP contribution in [0.15, 0.2) is 22.7 Å². The predicted octanol–water partition coefficient (Wildman–Crippen LogP) is 3.81. The van der Waals surface area contributed by atoms with Gasteiger partial charge in [-0.15, -0.1) is 11.6 Å². The van der Waals surface area contributed by atoms with Crippen LogP contribution in [0.3, 0.4) is 0 Å². The van der Waals surface area contributed by atoms with Gasteiger partial charge in [0.2, 0.25) is 0 Å². The molecule has 0 saturated carbocycles. The molecule has 2 rings (SSSR count). The van der Waals surface area contributed by atoms with Crippen LogP contribution in [0.4, 0.5) is 4.39 Å². The molecule has 0 bridgehead atoms. The van der Waals surface area contributed by atoms with Crippen LogP contribution < -0.4 is 0 Å². The Hall–Kier alpha value is -0.160. The first kappa shape index (κ1) is 15.2. The number of nitrogens with zero attached hydrogens (tertiary/aromatic N) is 1. The Morgan fingerprint density at radius 1 is 1.53 bits per heavy atom. The van der Waals surface area contributed by atoms with Gasteiger partial charge in [-0.1, -0.05) is 12.1 Å². The van der Waals surface area contributed by atoms with Crippen LogP contribution in [0.2, 0.25) is 0 Å². The summed E-state index contributed by atoms with van der Waals surface area (Å²) >= 11 is 9.22. The number of hydrogen-bond donors (Lipinski definition) is 0. The molecule has 1 fully saturated rings. The number of halogens is 3. The van der Waals surface area contributed by atoms with Crippen molar-refractivity contribution in [3.8, 4) is 0 Å². The quantitative estimate of drug-likeness (QED) is 0.769. The van der Waals surface area contributed by atoms with Gasteiger partial charge in [-0.25, -0.2) is 4.39 Å². The molecule has 0 N–H and O–H groups in total. The van der Waals surface area contributed by atoms with Gasteiger partial charge in [0.05, 0.1) is 16.2 Å². The number of alkyl halides is 1. The maximum Gasteiger partial charge on any atom is 0.137 e. The summed E-state index contributed by atoms with van der Waals surface area (Å²) in [6.07, 6.45) is 0.0257. The SMILES string of the molecule is CC1(C)CN(Cc2cccc(F)c2Br)CC(CCl)O1. The lowest BCUT2D eigenvalue weighted by Crippen LogP contribution is -2.52. The van der Waals surface area contributed by atoms with Crippen LogP contribution >= 0.6 is 27.5 Å². The van der Waals surface area contributed by atoms with E-state index in [1.807, 2.05) is 6.07 Å². The van der Waals surface area contributed by atoms with Crippen LogP contribution in [-0.4, -0.2) is 35.6 Å². The zero-order chi connectivity index (χ0) is 14.0. The van der Waals surface area contributed by atoms with Gasteiger partial charge in [0, 0.05) is 25.5 Å². The Balaban J connectivity index is 2.11. The van der Waals surface area contributed by atoms with E-state index < -0.39 is 0 Å². The van der Waals surface area contributed by atoms with Gasteiger partial charge < -0.3 is 4.74 Å². The van der Waals surface area contributed by atoms with E-state index in [0.717, 1.165) is 18.7 Å². The summed E-state index contributed by atoms with van der Waals surface area (Å²) in [6, 6.07) is 5.13. The Morgan fingerprint density at radius 3 is 2.95 bits per heavy atom. The van der Waals surface area contributed by atoms with E-state index >= 15 is 0 Å². The minimum absolute atomic E-state index is 0.0257. The van der Waals surface area contributed by atoms with Gasteiger partial charge in [-0.3, -0.25) is 4.90 Å². The highest BCUT2D eigenvalue weighted by Gasteiger charge is 2.33. The molecule has 1 saturated heterocycles. The van der Waals surface area contributed by atoms with Crippen LogP contribution in [0, 0.1) is 5.82 Å². The molecule has 1 unspecified atom stereocenters. The highest BCUT2D eigenvalue weighted by molar-refractivity contribution is 9.10. The van der Waals surface area contributed by atoms with E-state index in [4.69, 9.17) is 16.3 Å². The fraction of sp³-hybridized carbons (Fsp3) is 0.571. The van der Waals surface area contributed by atoms with Crippen molar-refractivity contribution in [2.75, 3.05) is 19.0 Å². The molecular weight excluding hydrogens is 333 g/mol. The predicted molar refractivity (Wildman–Crippen MR) is 79.0 cm³/mol. The maximum atomic E-state index is 13.5. The molecule has 0 radical (unpaired) electrons. The largest absolute Gasteiger partial charge is 0.368 e. The fourth-order valence-electron chi connectivity index (χ4n) is 2.53. The maximum absolute atomic E-state index is 13.5. The van der Waals surface area contributed by atoms with E-state index in [2.05, 4.69) is 34.7 Å². The number of benzene rings is 1. The molecular formula is C14H18BrClFNO. The van der Waals surface area contributed by atoms with Crippen molar-refractivity contribution < 1.29 is 9.13 Å². The molecule has 5 heteroatoms. The van der Waals surface area contributed by atoms with Gasteiger partial charge in [0.1, 0.15) is 5.82 Å². The average molecular weight is 351 g/mol. The number of morpholine rings is 1. The van der Waals surface area contributed by atoms with Crippen molar-refractivity contribution in [1.29, 1.82) is 0 Å². The average Bonchev–Trinajstić information content (AvgIpc) is 2.33. The molecule has 1 atom stereocenters. The Labute approximate surface area is 127 Å². The lowest BCUT2D eigenvalue weighted by atomic mass is 10.0. The van der Waals surface area contributed by atoms with E-state index in [-0.39, 0.29) is 17.5 Å². The van der Waals surface area contributed by atoms with Crippen molar-refractivity contribution in [3.63, 3.8) is 0 Å². The molecule has 0 aromatic heterocycles. The molecule has 0 spiro atoms. The summed E-state index contributed by atoms with van der Waals surface area (Å²) < 4.78 is 19.9. The smallest absolute Gasteiger partial charge is 0.137 e. The number of ether oxygens (including phenoxy) is 1. The van der Waals surface area contributed by atoms with Crippen molar-refractivity contribution in [2.45, 2.75) is 32.1 Å². The van der Waals surface area contributed by atoms with Crippen molar-refractivity contribution in [2.24, 2.45) is 0 Å². The van der Waals surface area contributed by atoms with Gasteiger partial charge in [0.15, 0.2) is 0 Å². The van der Waals surface area contributed by atoms with E-state index in [9.17, 15) is 4.39 Å². The third-order valence-electron chi connectivity index (χ3n) is 3.15. The number of hydrogen-bond acceptors (Lipinski definition) is 2. The molecule has 0 amide bonds. The highest BCUT2D eigenvalue weighted by atomic mass is 79.9. The second kappa shape index (κ2) is 6.08. The highest BCUT2D eigenvalue weighted by Crippen LogP contribution is 2.26. The third kappa shape index (κ3) is 3.91. The van der Waals surface area contributed by atoms with Gasteiger partial charge >= 0.3 is 0 Å². The molecule has 1 aliphatic rings. The standard InChI is InChI=1S/C14H18BrClFNO/c1-14(2)9-18(8-11(6-16)19-14)7-10-4-3-5-12(17)13(10)15/h3-5,11H,6-9H2,1-2H3. The summed E-state index contributed by atoms with van der Waals surface area (Å²) in [4.78, 5) is 2.26. The van der Waals surface area contributed by atoms with Crippen molar-refractivity contribution in [1.82, 2.24) is 4.90 Å². The molecule has 19 heavy (non-hydrogen) atoms. The summed E-state index contributed by atoms with van der Waals surface area (Å²) in [6.45, 7) is 6.39. The minimum atomic E-state index is -0.225. The molecule has 0 aliphatic carbocycles. The zero-order valence-electron chi connectivity index (χ0n) is 11.1. The lowest BCUT2D eigenvalue weighted by Gasteiger charge is -2.42. The second-order valence-corrected chi connectivity index (χ2v) is 6.64. The molecule has 106 valence electrons. The summed E-state index contributed by atoms with van der Waals surface area (Å²) in [5.41, 5.74) is 0.725. The third-order valence-corrected chi connectivity index (χ3v) is 4.38. The van der Waals surface area contributed by atoms with Crippen molar-refractivity contribution >= 4 is 27.5 Å². The van der Waals surface area contributed by atoms with E-state index in [1.54, 1.807) is 6.07 Å². The monoisotopic (exact) mass is 349 g/mol. The van der Waals surface area contributed by atoms with E-state index in [0.29, 0.717) is 16.9 Å². The van der Waals surface area contributed by atoms with Crippen LogP contribution in [0.25, 0.3) is 0 Å². The van der Waals surface area contributed by atoms with Crippen LogP contribution in [-0.2, 0) is 11.3 Å². The molecule has 1 aliphatic heterocycles. The Kier molecular flexibility index (Phi) is 4.88. The Morgan fingerprint density at radius 2 is 2.26 bits per heavy atom. The van der Waals surface area contributed by atoms with E-state index in [1.165, 1.54) is 6.07 Å². The first-order valence-corrected chi connectivity index (χ1v) is 7.63. The van der Waals surface area contributed by atoms with Gasteiger partial charge in [-0.05, 0) is 41.4 Å². The van der Waals surface area contributed by atoms with Gasteiger partial charge in [0.25, 0.3) is 0 Å². The zero-order valence-corrected chi connectivity index (χ0v) is 13.5. The summed E-state index contributed by atoms with van der Waals surface area (Å²) in [5, 5.41) is 0. The first-order chi connectivity index (χ1) is 8.91. The fourth-order valence-corrected chi connectivity index (χ4v) is 3.08. The molecule has 1 aromatic rings. The summed E-state index contributed by atoms with van der Waals surface area (Å²) in [5.74, 6) is 0.253. The minimum Gasteiger partial charge on any atom is -0.368 e. The van der Waals surface area contributed by atoms with Crippen LogP contribution in [0.1, 0.15) is 19.4 Å². The molecule has 2 nitrogen and oxygen atoms in total. The summed E-state index contributed by atoms with van der Waals surface area (Å²) in [7, 11) is 0. The molecule has 1 aromatic carbocycles. The Bertz CT molecular complexity index is 455. The first-order valence-electron chi connectivity index (χ1n) is 6.30. The lowest BCUT2D eigenvalue weighted by molar-refractivity contribution is -0.129. The second-order valence-electron chi connectivity index (χ2n) is 5.54. The normalized spacial score (nSPS) is 23.5. The van der Waals surface area contributed by atoms with Crippen molar-refractivity contribution in [3.05, 3.63) is 34.1 Å². The van der Waals surface area contributed by atoms with Gasteiger partial charge in [-0.2, -0.15) is 0 Å². The van der Waals surface area contributed by atoms with Crippen LogP contribution in [0.5, 0.6) is 0 Å².